The van der Waals surface area contributed by atoms with Crippen molar-refractivity contribution >= 4 is 15.9 Å². The third kappa shape index (κ3) is 2.36. The van der Waals surface area contributed by atoms with Crippen LogP contribution in [0.5, 0.6) is 11.5 Å². The molecule has 1 fully saturated rings. The molecule has 1 saturated carbocycles. The number of nitrogens with two attached hydrogens (primary N) is 1. The number of hydrogen-bond donors (Lipinski definition) is 2. The lowest BCUT2D eigenvalue weighted by molar-refractivity contribution is 0.284. The Morgan fingerprint density at radius 1 is 1.16 bits per heavy atom. The molecule has 0 amide bonds. The zero-order chi connectivity index (χ0) is 14.2. The maximum atomic E-state index is 10.6. The Labute approximate surface area is 123 Å². The Bertz CT molecular complexity index is 494. The van der Waals surface area contributed by atoms with E-state index in [1.807, 2.05) is 13.8 Å². The van der Waals surface area contributed by atoms with Gasteiger partial charge in [-0.2, -0.15) is 0 Å². The van der Waals surface area contributed by atoms with Crippen LogP contribution in [0.15, 0.2) is 4.47 Å². The second kappa shape index (κ2) is 5.33. The first-order chi connectivity index (χ1) is 8.92. The fraction of sp³-hybridized carbons (Fsp3) is 0.600. The lowest BCUT2D eigenvalue weighted by Gasteiger charge is -2.36. The molecule has 1 aromatic carbocycles. The molecule has 0 heterocycles. The molecule has 0 atom stereocenters. The van der Waals surface area contributed by atoms with E-state index in [0.29, 0.717) is 5.75 Å². The van der Waals surface area contributed by atoms with Crippen LogP contribution in [0.1, 0.15) is 48.8 Å². The lowest BCUT2D eigenvalue weighted by atomic mass is 9.75. The van der Waals surface area contributed by atoms with Gasteiger partial charge in [0, 0.05) is 21.1 Å². The molecule has 1 aliphatic rings. The minimum Gasteiger partial charge on any atom is -0.504 e. The summed E-state index contributed by atoms with van der Waals surface area (Å²) >= 11 is 3.60. The number of rotatable bonds is 2. The van der Waals surface area contributed by atoms with E-state index in [0.717, 1.165) is 46.8 Å². The largest absolute Gasteiger partial charge is 0.504 e. The highest BCUT2D eigenvalue weighted by Gasteiger charge is 2.36. The maximum Gasteiger partial charge on any atom is 0.164 e. The van der Waals surface area contributed by atoms with Gasteiger partial charge in [-0.25, -0.2) is 0 Å². The molecule has 0 aromatic heterocycles. The summed E-state index contributed by atoms with van der Waals surface area (Å²) in [5.41, 5.74) is 8.95. The van der Waals surface area contributed by atoms with Gasteiger partial charge >= 0.3 is 0 Å². The SMILES string of the molecule is COc1c(C)c(Br)c(C)c(C2(N)CCCCC2)c1O. The average Bonchev–Trinajstić information content (AvgIpc) is 2.37. The Kier molecular flexibility index (Phi) is 4.11. The van der Waals surface area contributed by atoms with E-state index in [1.54, 1.807) is 7.11 Å². The Morgan fingerprint density at radius 3 is 2.26 bits per heavy atom. The van der Waals surface area contributed by atoms with Crippen LogP contribution >= 0.6 is 15.9 Å². The number of hydrogen-bond acceptors (Lipinski definition) is 3. The number of phenols is 1. The predicted molar refractivity (Wildman–Crippen MR) is 80.8 cm³/mol. The number of halogens is 1. The molecule has 4 heteroatoms. The van der Waals surface area contributed by atoms with Crippen LogP contribution in [-0.2, 0) is 5.54 Å². The maximum absolute atomic E-state index is 10.6. The molecular weight excluding hydrogens is 306 g/mol. The predicted octanol–water partition coefficient (Wildman–Crippen LogP) is 3.90. The van der Waals surface area contributed by atoms with Crippen LogP contribution in [0.2, 0.25) is 0 Å². The van der Waals surface area contributed by atoms with Crippen molar-refractivity contribution in [1.82, 2.24) is 0 Å². The summed E-state index contributed by atoms with van der Waals surface area (Å²) in [5, 5.41) is 10.6. The lowest BCUT2D eigenvalue weighted by Crippen LogP contribution is -2.39. The second-order valence-electron chi connectivity index (χ2n) is 5.54. The van der Waals surface area contributed by atoms with Crippen LogP contribution in [0.4, 0.5) is 0 Å². The molecule has 3 nitrogen and oxygen atoms in total. The normalized spacial score (nSPS) is 18.4. The number of phenolic OH excluding ortho intramolecular Hbond substituents is 1. The molecule has 0 radical (unpaired) electrons. The highest BCUT2D eigenvalue weighted by Crippen LogP contribution is 2.48. The summed E-state index contributed by atoms with van der Waals surface area (Å²) in [5.74, 6) is 0.743. The summed E-state index contributed by atoms with van der Waals surface area (Å²) in [6.07, 6.45) is 5.29. The fourth-order valence-corrected chi connectivity index (χ4v) is 3.63. The average molecular weight is 328 g/mol. The van der Waals surface area contributed by atoms with Crippen LogP contribution in [0.25, 0.3) is 0 Å². The molecule has 2 rings (SSSR count). The number of ether oxygens (including phenoxy) is 1. The van der Waals surface area contributed by atoms with E-state index in [-0.39, 0.29) is 5.75 Å². The smallest absolute Gasteiger partial charge is 0.164 e. The van der Waals surface area contributed by atoms with Crippen molar-refractivity contribution in [3.05, 3.63) is 21.2 Å². The van der Waals surface area contributed by atoms with Gasteiger partial charge in [0.2, 0.25) is 0 Å². The van der Waals surface area contributed by atoms with Gasteiger partial charge in [0.15, 0.2) is 11.5 Å². The van der Waals surface area contributed by atoms with Crippen molar-refractivity contribution in [2.24, 2.45) is 5.73 Å². The quantitative estimate of drug-likeness (QED) is 0.866. The van der Waals surface area contributed by atoms with Crippen molar-refractivity contribution < 1.29 is 9.84 Å². The van der Waals surface area contributed by atoms with Crippen molar-refractivity contribution in [1.29, 1.82) is 0 Å². The number of methoxy groups -OCH3 is 1. The van der Waals surface area contributed by atoms with E-state index in [1.165, 1.54) is 6.42 Å². The summed E-state index contributed by atoms with van der Waals surface area (Å²) < 4.78 is 6.33. The Hall–Kier alpha value is -0.740. The van der Waals surface area contributed by atoms with Gasteiger partial charge < -0.3 is 15.6 Å². The molecule has 0 saturated heterocycles. The first-order valence-electron chi connectivity index (χ1n) is 6.77. The third-order valence-electron chi connectivity index (χ3n) is 4.27. The molecular formula is C15H22BrNO2. The molecule has 0 spiro atoms. The first-order valence-corrected chi connectivity index (χ1v) is 7.56. The molecule has 0 bridgehead atoms. The molecule has 3 N–H and O–H groups in total. The first kappa shape index (κ1) is 14.7. The zero-order valence-electron chi connectivity index (χ0n) is 11.8. The third-order valence-corrected chi connectivity index (χ3v) is 5.46. The summed E-state index contributed by atoms with van der Waals surface area (Å²) in [6, 6.07) is 0. The van der Waals surface area contributed by atoms with E-state index in [2.05, 4.69) is 15.9 Å². The van der Waals surface area contributed by atoms with Crippen molar-refractivity contribution in [3.8, 4) is 11.5 Å². The Morgan fingerprint density at radius 2 is 1.74 bits per heavy atom. The van der Waals surface area contributed by atoms with Crippen LogP contribution < -0.4 is 10.5 Å². The summed E-state index contributed by atoms with van der Waals surface area (Å²) in [4.78, 5) is 0. The van der Waals surface area contributed by atoms with Crippen molar-refractivity contribution in [3.63, 3.8) is 0 Å². The standard InChI is InChI=1S/C15H22BrNO2/c1-9-11(15(17)7-5-4-6-8-15)13(18)14(19-3)10(2)12(9)16/h18H,4-8,17H2,1-3H3. The van der Waals surface area contributed by atoms with Crippen LogP contribution in [0, 0.1) is 13.8 Å². The highest BCUT2D eigenvalue weighted by molar-refractivity contribution is 9.10. The van der Waals surface area contributed by atoms with Crippen molar-refractivity contribution in [2.75, 3.05) is 7.11 Å². The van der Waals surface area contributed by atoms with Gasteiger partial charge in [0.25, 0.3) is 0 Å². The van der Waals surface area contributed by atoms with E-state index in [9.17, 15) is 5.11 Å². The van der Waals surface area contributed by atoms with Gasteiger partial charge in [-0.3, -0.25) is 0 Å². The molecule has 0 unspecified atom stereocenters. The van der Waals surface area contributed by atoms with Gasteiger partial charge in [0.1, 0.15) is 0 Å². The summed E-state index contributed by atoms with van der Waals surface area (Å²) in [7, 11) is 1.58. The fourth-order valence-electron chi connectivity index (χ4n) is 3.25. The molecule has 1 aromatic rings. The van der Waals surface area contributed by atoms with E-state index >= 15 is 0 Å². The minimum absolute atomic E-state index is 0.213. The number of aromatic hydroxyl groups is 1. The van der Waals surface area contributed by atoms with Gasteiger partial charge in [-0.1, -0.05) is 35.2 Å². The molecule has 106 valence electrons. The molecule has 1 aliphatic carbocycles. The van der Waals surface area contributed by atoms with E-state index < -0.39 is 5.54 Å². The number of benzene rings is 1. The van der Waals surface area contributed by atoms with Crippen LogP contribution in [-0.4, -0.2) is 12.2 Å². The molecule has 0 aliphatic heterocycles. The minimum atomic E-state index is -0.435. The monoisotopic (exact) mass is 327 g/mol. The highest BCUT2D eigenvalue weighted by atomic mass is 79.9. The van der Waals surface area contributed by atoms with E-state index in [4.69, 9.17) is 10.5 Å². The van der Waals surface area contributed by atoms with Crippen molar-refractivity contribution in [2.45, 2.75) is 51.5 Å². The topological polar surface area (TPSA) is 55.5 Å². The van der Waals surface area contributed by atoms with Gasteiger partial charge in [-0.05, 0) is 32.3 Å². The van der Waals surface area contributed by atoms with Crippen LogP contribution in [0.3, 0.4) is 0 Å². The summed E-state index contributed by atoms with van der Waals surface area (Å²) in [6.45, 7) is 3.94. The van der Waals surface area contributed by atoms with Gasteiger partial charge in [-0.15, -0.1) is 0 Å². The van der Waals surface area contributed by atoms with Gasteiger partial charge in [0.05, 0.1) is 7.11 Å². The zero-order valence-corrected chi connectivity index (χ0v) is 13.4. The molecule has 19 heavy (non-hydrogen) atoms. The second-order valence-corrected chi connectivity index (χ2v) is 6.33. The Balaban J connectivity index is 2.65.